The summed E-state index contributed by atoms with van der Waals surface area (Å²) in [6.45, 7) is 0.563. The zero-order valence-electron chi connectivity index (χ0n) is 10.6. The number of benzene rings is 1. The van der Waals surface area contributed by atoms with Crippen molar-refractivity contribution in [1.82, 2.24) is 5.32 Å². The minimum absolute atomic E-state index is 0.159. The molecule has 6 heteroatoms. The molecule has 0 heterocycles. The number of unbranched alkanes of at least 4 members (excludes halogenated alkanes) is 3. The second-order valence-electron chi connectivity index (χ2n) is 4.25. The number of amides is 1. The van der Waals surface area contributed by atoms with E-state index in [0.717, 1.165) is 31.7 Å². The molecule has 0 saturated carbocycles. The number of anilines is 1. The normalized spacial score (nSPS) is 10.5. The number of halogens is 2. The lowest BCUT2D eigenvalue weighted by Crippen LogP contribution is -2.25. The van der Waals surface area contributed by atoms with E-state index >= 15 is 0 Å². The van der Waals surface area contributed by atoms with Crippen LogP contribution in [-0.2, 0) is 0 Å². The number of aliphatic hydroxyl groups excluding tert-OH is 1. The van der Waals surface area contributed by atoms with Crippen molar-refractivity contribution in [3.8, 4) is 0 Å². The molecule has 0 unspecified atom stereocenters. The van der Waals surface area contributed by atoms with E-state index in [2.05, 4.69) is 5.32 Å². The van der Waals surface area contributed by atoms with Crippen LogP contribution in [-0.4, -0.2) is 24.2 Å². The maximum Gasteiger partial charge on any atom is 0.254 e. The van der Waals surface area contributed by atoms with Crippen LogP contribution in [0.2, 0.25) is 0 Å². The quantitative estimate of drug-likeness (QED) is 0.523. The lowest BCUT2D eigenvalue weighted by Gasteiger charge is -2.07. The monoisotopic (exact) mass is 272 g/mol. The van der Waals surface area contributed by atoms with Crippen molar-refractivity contribution in [3.05, 3.63) is 29.3 Å². The van der Waals surface area contributed by atoms with Crippen molar-refractivity contribution in [1.29, 1.82) is 0 Å². The minimum atomic E-state index is -0.926. The number of carbonyl (C=O) groups excluding carboxylic acids is 1. The van der Waals surface area contributed by atoms with Gasteiger partial charge < -0.3 is 16.2 Å². The van der Waals surface area contributed by atoms with Gasteiger partial charge in [-0.15, -0.1) is 0 Å². The van der Waals surface area contributed by atoms with Gasteiger partial charge in [-0.2, -0.15) is 0 Å². The number of hydrogen-bond acceptors (Lipinski definition) is 3. The van der Waals surface area contributed by atoms with E-state index in [1.807, 2.05) is 0 Å². The van der Waals surface area contributed by atoms with Crippen LogP contribution in [0.5, 0.6) is 0 Å². The molecule has 1 amide bonds. The first-order chi connectivity index (χ1) is 9.06. The van der Waals surface area contributed by atoms with Crippen LogP contribution < -0.4 is 11.1 Å². The summed E-state index contributed by atoms with van der Waals surface area (Å²) in [6.07, 6.45) is 3.22. The average molecular weight is 272 g/mol. The van der Waals surface area contributed by atoms with Gasteiger partial charge >= 0.3 is 0 Å². The molecule has 0 aliphatic carbocycles. The zero-order valence-corrected chi connectivity index (χ0v) is 10.6. The molecule has 4 nitrogen and oxygen atoms in total. The second-order valence-corrected chi connectivity index (χ2v) is 4.25. The van der Waals surface area contributed by atoms with Crippen molar-refractivity contribution in [3.63, 3.8) is 0 Å². The Kier molecular flexibility index (Phi) is 6.21. The van der Waals surface area contributed by atoms with Crippen LogP contribution in [0.4, 0.5) is 14.5 Å². The van der Waals surface area contributed by atoms with Crippen LogP contribution in [0.3, 0.4) is 0 Å². The average Bonchev–Trinajstić information content (AvgIpc) is 2.37. The van der Waals surface area contributed by atoms with Crippen LogP contribution >= 0.6 is 0 Å². The SMILES string of the molecule is Nc1cc(C(=O)NCCCCCCO)c(F)cc1F. The fraction of sp³-hybridized carbons (Fsp3) is 0.462. The molecule has 0 radical (unpaired) electrons. The van der Waals surface area contributed by atoms with E-state index in [9.17, 15) is 13.6 Å². The van der Waals surface area contributed by atoms with Crippen molar-refractivity contribution < 1.29 is 18.7 Å². The van der Waals surface area contributed by atoms with Gasteiger partial charge in [-0.1, -0.05) is 12.8 Å². The van der Waals surface area contributed by atoms with Gasteiger partial charge in [0, 0.05) is 19.2 Å². The van der Waals surface area contributed by atoms with Gasteiger partial charge in [0.25, 0.3) is 5.91 Å². The smallest absolute Gasteiger partial charge is 0.254 e. The first-order valence-electron chi connectivity index (χ1n) is 6.20. The molecular formula is C13H18F2N2O2. The molecule has 0 aliphatic heterocycles. The van der Waals surface area contributed by atoms with Crippen LogP contribution in [0, 0.1) is 11.6 Å². The van der Waals surface area contributed by atoms with Crippen molar-refractivity contribution in [2.24, 2.45) is 0 Å². The Bertz CT molecular complexity index is 439. The van der Waals surface area contributed by atoms with Crippen molar-refractivity contribution >= 4 is 11.6 Å². The Morgan fingerprint density at radius 2 is 1.84 bits per heavy atom. The standard InChI is InChI=1S/C13H18F2N2O2/c14-10-8-11(15)12(16)7-9(10)13(19)17-5-3-1-2-4-6-18/h7-8,18H,1-6,16H2,(H,17,19). The molecule has 0 aliphatic rings. The van der Waals surface area contributed by atoms with Crippen LogP contribution in [0.15, 0.2) is 12.1 Å². The molecule has 0 spiro atoms. The third-order valence-corrected chi connectivity index (χ3v) is 2.70. The van der Waals surface area contributed by atoms with Gasteiger partial charge in [-0.3, -0.25) is 4.79 Å². The Labute approximate surface area is 110 Å². The number of nitrogens with one attached hydrogen (secondary N) is 1. The summed E-state index contributed by atoms with van der Waals surface area (Å²) in [5.41, 5.74) is 4.78. The zero-order chi connectivity index (χ0) is 14.3. The predicted molar refractivity (Wildman–Crippen MR) is 68.7 cm³/mol. The highest BCUT2D eigenvalue weighted by Crippen LogP contribution is 2.16. The summed E-state index contributed by atoms with van der Waals surface area (Å²) in [7, 11) is 0. The largest absolute Gasteiger partial charge is 0.396 e. The molecule has 0 fully saturated rings. The maximum atomic E-state index is 13.4. The highest BCUT2D eigenvalue weighted by Gasteiger charge is 2.14. The molecular weight excluding hydrogens is 254 g/mol. The highest BCUT2D eigenvalue weighted by molar-refractivity contribution is 5.95. The van der Waals surface area contributed by atoms with E-state index in [1.165, 1.54) is 0 Å². The van der Waals surface area contributed by atoms with E-state index in [-0.39, 0.29) is 17.9 Å². The third kappa shape index (κ3) is 4.82. The number of aliphatic hydroxyl groups is 1. The first-order valence-corrected chi connectivity index (χ1v) is 6.20. The summed E-state index contributed by atoms with van der Waals surface area (Å²) in [4.78, 5) is 11.6. The summed E-state index contributed by atoms with van der Waals surface area (Å²) in [5, 5.41) is 11.1. The van der Waals surface area contributed by atoms with Gasteiger partial charge in [-0.05, 0) is 18.9 Å². The lowest BCUT2D eigenvalue weighted by atomic mass is 10.1. The second kappa shape index (κ2) is 7.68. The van der Waals surface area contributed by atoms with Gasteiger partial charge in [0.15, 0.2) is 0 Å². The van der Waals surface area contributed by atoms with Gasteiger partial charge in [0.1, 0.15) is 11.6 Å². The van der Waals surface area contributed by atoms with Crippen molar-refractivity contribution in [2.45, 2.75) is 25.7 Å². The minimum Gasteiger partial charge on any atom is -0.396 e. The molecule has 19 heavy (non-hydrogen) atoms. The topological polar surface area (TPSA) is 75.4 Å². The fourth-order valence-electron chi connectivity index (χ4n) is 1.63. The molecule has 1 aromatic rings. The molecule has 1 aromatic carbocycles. The van der Waals surface area contributed by atoms with E-state index in [4.69, 9.17) is 10.8 Å². The molecule has 0 atom stereocenters. The first kappa shape index (κ1) is 15.4. The number of rotatable bonds is 7. The van der Waals surface area contributed by atoms with E-state index in [0.29, 0.717) is 12.6 Å². The number of carbonyl (C=O) groups is 1. The van der Waals surface area contributed by atoms with Gasteiger partial charge in [0.2, 0.25) is 0 Å². The maximum absolute atomic E-state index is 13.4. The Balaban J connectivity index is 2.43. The fourth-order valence-corrected chi connectivity index (χ4v) is 1.63. The summed E-state index contributed by atoms with van der Waals surface area (Å²) in [6, 6.07) is 1.59. The van der Waals surface area contributed by atoms with Crippen molar-refractivity contribution in [2.75, 3.05) is 18.9 Å². The summed E-state index contributed by atoms with van der Waals surface area (Å²) >= 11 is 0. The van der Waals surface area contributed by atoms with Gasteiger partial charge in [0.05, 0.1) is 11.3 Å². The van der Waals surface area contributed by atoms with E-state index in [1.54, 1.807) is 0 Å². The summed E-state index contributed by atoms with van der Waals surface area (Å²) < 4.78 is 26.3. The molecule has 4 N–H and O–H groups in total. The van der Waals surface area contributed by atoms with Crippen LogP contribution in [0.25, 0.3) is 0 Å². The Morgan fingerprint density at radius 3 is 2.53 bits per heavy atom. The van der Waals surface area contributed by atoms with Gasteiger partial charge in [-0.25, -0.2) is 8.78 Å². The lowest BCUT2D eigenvalue weighted by molar-refractivity contribution is 0.0948. The molecule has 0 saturated heterocycles. The summed E-state index contributed by atoms with van der Waals surface area (Å²) in [5.74, 6) is -2.41. The predicted octanol–water partition coefficient (Wildman–Crippen LogP) is 1.83. The third-order valence-electron chi connectivity index (χ3n) is 2.70. The molecule has 106 valence electrons. The number of hydrogen-bond donors (Lipinski definition) is 3. The molecule has 1 rings (SSSR count). The number of nitrogens with two attached hydrogens (primary N) is 1. The molecule has 0 bridgehead atoms. The molecule has 0 aromatic heterocycles. The van der Waals surface area contributed by atoms with Crippen LogP contribution in [0.1, 0.15) is 36.0 Å². The Hall–Kier alpha value is -1.69. The Morgan fingerprint density at radius 1 is 1.16 bits per heavy atom. The highest BCUT2D eigenvalue weighted by atomic mass is 19.1. The number of nitrogen functional groups attached to an aromatic ring is 1. The van der Waals surface area contributed by atoms with E-state index < -0.39 is 17.5 Å².